The fraction of sp³-hybridized carbons (Fsp3) is 0.294. The van der Waals surface area contributed by atoms with Crippen LogP contribution in [0.5, 0.6) is 5.75 Å². The van der Waals surface area contributed by atoms with Gasteiger partial charge in [-0.25, -0.2) is 0 Å². The minimum atomic E-state index is -0.165. The molecule has 116 valence electrons. The van der Waals surface area contributed by atoms with Gasteiger partial charge in [0.15, 0.2) is 5.43 Å². The van der Waals surface area contributed by atoms with Crippen LogP contribution in [-0.4, -0.2) is 17.1 Å². The van der Waals surface area contributed by atoms with Crippen LogP contribution in [0.3, 0.4) is 0 Å². The minimum Gasteiger partial charge on any atom is -0.492 e. The summed E-state index contributed by atoms with van der Waals surface area (Å²) in [6.07, 6.45) is 0. The molecule has 1 amide bonds. The summed E-state index contributed by atoms with van der Waals surface area (Å²) in [5.74, 6) is 0.480. The van der Waals surface area contributed by atoms with Gasteiger partial charge in [-0.1, -0.05) is 12.1 Å². The smallest absolute Gasteiger partial charge is 0.244 e. The lowest BCUT2D eigenvalue weighted by atomic mass is 10.2. The first-order valence-electron chi connectivity index (χ1n) is 7.21. The van der Waals surface area contributed by atoms with Crippen molar-refractivity contribution in [2.24, 2.45) is 0 Å². The Balaban J connectivity index is 2.16. The number of hydrogen-bond acceptors (Lipinski definition) is 3. The van der Waals surface area contributed by atoms with E-state index >= 15 is 0 Å². The molecular formula is C17H20N2O3. The number of nitrogens with one attached hydrogen (secondary N) is 1. The molecule has 0 unspecified atom stereocenters. The Morgan fingerprint density at radius 2 is 1.82 bits per heavy atom. The predicted octanol–water partition coefficient (Wildman–Crippen LogP) is 2.50. The van der Waals surface area contributed by atoms with E-state index in [1.54, 1.807) is 10.6 Å². The average molecular weight is 300 g/mol. The van der Waals surface area contributed by atoms with Gasteiger partial charge >= 0.3 is 0 Å². The zero-order chi connectivity index (χ0) is 16.1. The summed E-state index contributed by atoms with van der Waals surface area (Å²) in [6.45, 7) is 6.21. The number of ether oxygens (including phenoxy) is 1. The van der Waals surface area contributed by atoms with E-state index in [1.807, 2.05) is 39.0 Å². The van der Waals surface area contributed by atoms with Crippen molar-refractivity contribution in [2.75, 3.05) is 11.9 Å². The molecule has 22 heavy (non-hydrogen) atoms. The molecule has 2 aromatic rings. The molecule has 0 aliphatic heterocycles. The SMILES string of the molecule is CCOc1ccccc1NC(=O)Cn1c(C)cc(=O)cc1C. The van der Waals surface area contributed by atoms with E-state index in [1.165, 1.54) is 12.1 Å². The highest BCUT2D eigenvalue weighted by molar-refractivity contribution is 5.92. The number of carbonyl (C=O) groups excluding carboxylic acids is 1. The highest BCUT2D eigenvalue weighted by Gasteiger charge is 2.10. The van der Waals surface area contributed by atoms with Crippen LogP contribution in [0.25, 0.3) is 0 Å². The molecule has 2 rings (SSSR count). The quantitative estimate of drug-likeness (QED) is 0.923. The molecule has 0 bridgehead atoms. The van der Waals surface area contributed by atoms with Gasteiger partial charge < -0.3 is 14.6 Å². The summed E-state index contributed by atoms with van der Waals surface area (Å²) >= 11 is 0. The summed E-state index contributed by atoms with van der Waals surface area (Å²) in [7, 11) is 0. The Hall–Kier alpha value is -2.56. The van der Waals surface area contributed by atoms with Gasteiger partial charge in [0.25, 0.3) is 0 Å². The van der Waals surface area contributed by atoms with Crippen LogP contribution in [0.4, 0.5) is 5.69 Å². The number of hydrogen-bond donors (Lipinski definition) is 1. The molecule has 5 heteroatoms. The lowest BCUT2D eigenvalue weighted by molar-refractivity contribution is -0.116. The first-order chi connectivity index (χ1) is 10.5. The van der Waals surface area contributed by atoms with Gasteiger partial charge in [-0.05, 0) is 32.9 Å². The lowest BCUT2D eigenvalue weighted by Crippen LogP contribution is -2.23. The van der Waals surface area contributed by atoms with Crippen molar-refractivity contribution in [3.05, 3.63) is 58.0 Å². The topological polar surface area (TPSA) is 60.3 Å². The van der Waals surface area contributed by atoms with E-state index < -0.39 is 0 Å². The van der Waals surface area contributed by atoms with Crippen molar-refractivity contribution in [3.63, 3.8) is 0 Å². The van der Waals surface area contributed by atoms with Crippen molar-refractivity contribution < 1.29 is 9.53 Å². The maximum atomic E-state index is 12.3. The molecule has 1 N–H and O–H groups in total. The van der Waals surface area contributed by atoms with E-state index in [-0.39, 0.29) is 17.9 Å². The van der Waals surface area contributed by atoms with Gasteiger partial charge in [-0.3, -0.25) is 9.59 Å². The van der Waals surface area contributed by atoms with E-state index in [0.717, 1.165) is 11.4 Å². The molecule has 5 nitrogen and oxygen atoms in total. The molecular weight excluding hydrogens is 280 g/mol. The van der Waals surface area contributed by atoms with Gasteiger partial charge in [0.05, 0.1) is 12.3 Å². The number of aryl methyl sites for hydroxylation is 2. The summed E-state index contributed by atoms with van der Waals surface area (Å²) in [5, 5.41) is 2.85. The summed E-state index contributed by atoms with van der Waals surface area (Å²) in [4.78, 5) is 23.7. The van der Waals surface area contributed by atoms with Gasteiger partial charge in [-0.2, -0.15) is 0 Å². The highest BCUT2D eigenvalue weighted by Crippen LogP contribution is 2.23. The van der Waals surface area contributed by atoms with Crippen molar-refractivity contribution in [1.29, 1.82) is 0 Å². The van der Waals surface area contributed by atoms with Crippen LogP contribution in [0.15, 0.2) is 41.2 Å². The fourth-order valence-electron chi connectivity index (χ4n) is 2.32. The fourth-order valence-corrected chi connectivity index (χ4v) is 2.32. The third-order valence-corrected chi connectivity index (χ3v) is 3.32. The number of pyridine rings is 1. The Morgan fingerprint density at radius 3 is 2.45 bits per heavy atom. The second-order valence-electron chi connectivity index (χ2n) is 5.04. The molecule has 0 radical (unpaired) electrons. The molecule has 1 aromatic carbocycles. The van der Waals surface area contributed by atoms with E-state index in [9.17, 15) is 9.59 Å². The standard InChI is InChI=1S/C17H20N2O3/c1-4-22-16-8-6-5-7-15(16)18-17(21)11-19-12(2)9-14(20)10-13(19)3/h5-10H,4,11H2,1-3H3,(H,18,21). The third kappa shape index (κ3) is 3.75. The number of nitrogens with zero attached hydrogens (tertiary/aromatic N) is 1. The van der Waals surface area contributed by atoms with E-state index in [2.05, 4.69) is 5.32 Å². The molecule has 0 spiro atoms. The van der Waals surface area contributed by atoms with E-state index in [4.69, 9.17) is 4.74 Å². The third-order valence-electron chi connectivity index (χ3n) is 3.32. The number of para-hydroxylation sites is 2. The van der Waals surface area contributed by atoms with Crippen LogP contribution in [0, 0.1) is 13.8 Å². The molecule has 1 aromatic heterocycles. The first kappa shape index (κ1) is 15.8. The number of amides is 1. The van der Waals surface area contributed by atoms with E-state index in [0.29, 0.717) is 18.0 Å². The van der Waals surface area contributed by atoms with Gasteiger partial charge in [0, 0.05) is 23.5 Å². The normalized spacial score (nSPS) is 10.3. The second kappa shape index (κ2) is 6.93. The Bertz CT molecular complexity index is 709. The molecule has 0 aliphatic rings. The zero-order valence-electron chi connectivity index (χ0n) is 13.1. The summed E-state index contributed by atoms with van der Waals surface area (Å²) in [6, 6.07) is 10.4. The maximum Gasteiger partial charge on any atom is 0.244 e. The number of anilines is 1. The van der Waals surface area contributed by atoms with Crippen LogP contribution in [0.1, 0.15) is 18.3 Å². The van der Waals surface area contributed by atoms with Crippen LogP contribution >= 0.6 is 0 Å². The summed E-state index contributed by atoms with van der Waals surface area (Å²) < 4.78 is 7.29. The lowest BCUT2D eigenvalue weighted by Gasteiger charge is -2.15. The number of aromatic nitrogens is 1. The average Bonchev–Trinajstić information content (AvgIpc) is 2.45. The van der Waals surface area contributed by atoms with Crippen LogP contribution in [-0.2, 0) is 11.3 Å². The van der Waals surface area contributed by atoms with Crippen molar-refractivity contribution in [3.8, 4) is 5.75 Å². The zero-order valence-corrected chi connectivity index (χ0v) is 13.1. The Morgan fingerprint density at radius 1 is 1.18 bits per heavy atom. The van der Waals surface area contributed by atoms with Gasteiger partial charge in [0.2, 0.25) is 5.91 Å². The predicted molar refractivity (Wildman–Crippen MR) is 86.4 cm³/mol. The highest BCUT2D eigenvalue weighted by atomic mass is 16.5. The number of rotatable bonds is 5. The van der Waals surface area contributed by atoms with Gasteiger partial charge in [0.1, 0.15) is 12.3 Å². The second-order valence-corrected chi connectivity index (χ2v) is 5.04. The first-order valence-corrected chi connectivity index (χ1v) is 7.21. The molecule has 0 fully saturated rings. The van der Waals surface area contributed by atoms with Gasteiger partial charge in [-0.15, -0.1) is 0 Å². The minimum absolute atomic E-state index is 0.0478. The Labute approximate surface area is 129 Å². The van der Waals surface area contributed by atoms with Crippen molar-refractivity contribution >= 4 is 11.6 Å². The molecule has 0 atom stereocenters. The summed E-state index contributed by atoms with van der Waals surface area (Å²) in [5.41, 5.74) is 2.12. The largest absolute Gasteiger partial charge is 0.492 e. The molecule has 1 heterocycles. The van der Waals surface area contributed by atoms with Crippen molar-refractivity contribution in [2.45, 2.75) is 27.3 Å². The Kier molecular flexibility index (Phi) is 4.99. The van der Waals surface area contributed by atoms with Crippen LogP contribution in [0.2, 0.25) is 0 Å². The van der Waals surface area contributed by atoms with Crippen LogP contribution < -0.4 is 15.5 Å². The molecule has 0 saturated heterocycles. The number of benzene rings is 1. The maximum absolute atomic E-state index is 12.3. The monoisotopic (exact) mass is 300 g/mol. The molecule has 0 aliphatic carbocycles. The molecule has 0 saturated carbocycles. The van der Waals surface area contributed by atoms with Crippen molar-refractivity contribution in [1.82, 2.24) is 4.57 Å². The number of carbonyl (C=O) groups is 1.